The topological polar surface area (TPSA) is 24.9 Å². The number of anilines is 2. The van der Waals surface area contributed by atoms with Crippen LogP contribution in [0.15, 0.2) is 34.9 Å². The van der Waals surface area contributed by atoms with Crippen LogP contribution in [0.4, 0.5) is 20.3 Å². The van der Waals surface area contributed by atoms with E-state index in [0.717, 1.165) is 28.2 Å². The monoisotopic (exact) mass is 298 g/mol. The molecule has 0 aliphatic carbocycles. The summed E-state index contributed by atoms with van der Waals surface area (Å²) in [6, 6.07) is 4.98. The van der Waals surface area contributed by atoms with Crippen LogP contribution >= 0.6 is 15.9 Å². The average Bonchev–Trinajstić information content (AvgIpc) is 2.29. The van der Waals surface area contributed by atoms with E-state index in [1.165, 1.54) is 0 Å². The Labute approximate surface area is 106 Å². The minimum absolute atomic E-state index is 0.0687. The molecule has 0 saturated carbocycles. The summed E-state index contributed by atoms with van der Waals surface area (Å²) in [5.74, 6) is -0.549. The average molecular weight is 299 g/mol. The molecular weight excluding hydrogens is 290 g/mol. The Morgan fingerprint density at radius 2 is 2.00 bits per heavy atom. The predicted octanol–water partition coefficient (Wildman–Crippen LogP) is 4.17. The van der Waals surface area contributed by atoms with Gasteiger partial charge in [-0.2, -0.15) is 0 Å². The van der Waals surface area contributed by atoms with E-state index in [2.05, 4.69) is 26.2 Å². The highest BCUT2D eigenvalue weighted by Gasteiger charge is 2.05. The normalized spacial score (nSPS) is 10.4. The number of hydrogen-bond acceptors (Lipinski definition) is 2. The van der Waals surface area contributed by atoms with Crippen molar-refractivity contribution in [3.05, 3.63) is 52.1 Å². The van der Waals surface area contributed by atoms with Crippen LogP contribution in [0.3, 0.4) is 0 Å². The van der Waals surface area contributed by atoms with Gasteiger partial charge in [0.1, 0.15) is 17.5 Å². The molecule has 1 aromatic heterocycles. The smallest absolute Gasteiger partial charge is 0.146 e. The van der Waals surface area contributed by atoms with Gasteiger partial charge in [0.2, 0.25) is 0 Å². The van der Waals surface area contributed by atoms with E-state index in [4.69, 9.17) is 0 Å². The summed E-state index contributed by atoms with van der Waals surface area (Å²) in [5.41, 5.74) is 1.03. The molecular formula is C12H9BrF2N2. The Balaban J connectivity index is 2.31. The first-order chi connectivity index (χ1) is 8.06. The van der Waals surface area contributed by atoms with Gasteiger partial charge in [-0.3, -0.25) is 0 Å². The molecule has 0 aliphatic rings. The molecule has 0 unspecified atom stereocenters. The predicted molar refractivity (Wildman–Crippen MR) is 66.3 cm³/mol. The molecule has 0 spiro atoms. The van der Waals surface area contributed by atoms with Gasteiger partial charge in [-0.05, 0) is 46.6 Å². The number of halogens is 3. The molecule has 0 saturated heterocycles. The fraction of sp³-hybridized carbons (Fsp3) is 0.0833. The zero-order valence-electron chi connectivity index (χ0n) is 8.97. The van der Waals surface area contributed by atoms with Gasteiger partial charge in [0.15, 0.2) is 0 Å². The van der Waals surface area contributed by atoms with Gasteiger partial charge in [-0.1, -0.05) is 0 Å². The molecule has 0 atom stereocenters. The van der Waals surface area contributed by atoms with Crippen molar-refractivity contribution in [1.29, 1.82) is 0 Å². The quantitative estimate of drug-likeness (QED) is 0.900. The number of benzene rings is 1. The summed E-state index contributed by atoms with van der Waals surface area (Å²) in [5, 5.41) is 2.73. The van der Waals surface area contributed by atoms with E-state index in [0.29, 0.717) is 5.82 Å². The third kappa shape index (κ3) is 2.79. The van der Waals surface area contributed by atoms with Crippen molar-refractivity contribution in [2.75, 3.05) is 5.32 Å². The van der Waals surface area contributed by atoms with Crippen molar-refractivity contribution in [3.8, 4) is 0 Å². The van der Waals surface area contributed by atoms with Crippen molar-refractivity contribution in [2.45, 2.75) is 6.92 Å². The number of hydrogen-bond donors (Lipinski definition) is 1. The van der Waals surface area contributed by atoms with E-state index in [1.807, 2.05) is 6.92 Å². The Hall–Kier alpha value is -1.49. The molecule has 88 valence electrons. The van der Waals surface area contributed by atoms with E-state index in [-0.39, 0.29) is 5.69 Å². The Bertz CT molecular complexity index is 558. The molecule has 2 rings (SSSR count). The number of nitrogens with zero attached hydrogens (tertiary/aromatic N) is 1. The van der Waals surface area contributed by atoms with Crippen molar-refractivity contribution >= 4 is 27.4 Å². The first kappa shape index (κ1) is 12.0. The fourth-order valence-electron chi connectivity index (χ4n) is 1.34. The van der Waals surface area contributed by atoms with Gasteiger partial charge >= 0.3 is 0 Å². The summed E-state index contributed by atoms with van der Waals surface area (Å²) in [6.45, 7) is 1.89. The molecule has 0 bridgehead atoms. The molecule has 0 aliphatic heterocycles. The van der Waals surface area contributed by atoms with Crippen LogP contribution in [-0.4, -0.2) is 4.98 Å². The highest BCUT2D eigenvalue weighted by molar-refractivity contribution is 9.10. The SMILES string of the molecule is Cc1cc(Nc2cc(F)ccc2F)ncc1Br. The Morgan fingerprint density at radius 3 is 2.71 bits per heavy atom. The van der Waals surface area contributed by atoms with Gasteiger partial charge in [0, 0.05) is 16.7 Å². The maximum absolute atomic E-state index is 13.4. The molecule has 5 heteroatoms. The van der Waals surface area contributed by atoms with Crippen LogP contribution in [-0.2, 0) is 0 Å². The number of nitrogens with one attached hydrogen (secondary N) is 1. The highest BCUT2D eigenvalue weighted by atomic mass is 79.9. The molecule has 2 aromatic rings. The van der Waals surface area contributed by atoms with E-state index >= 15 is 0 Å². The second-order valence-electron chi connectivity index (χ2n) is 3.57. The minimum atomic E-state index is -0.520. The van der Waals surface area contributed by atoms with Crippen molar-refractivity contribution in [1.82, 2.24) is 4.98 Å². The van der Waals surface area contributed by atoms with Gasteiger partial charge in [-0.25, -0.2) is 13.8 Å². The first-order valence-electron chi connectivity index (χ1n) is 4.90. The summed E-state index contributed by atoms with van der Waals surface area (Å²) >= 11 is 3.32. The van der Waals surface area contributed by atoms with Crippen molar-refractivity contribution in [3.63, 3.8) is 0 Å². The second kappa shape index (κ2) is 4.79. The van der Waals surface area contributed by atoms with Gasteiger partial charge in [-0.15, -0.1) is 0 Å². The Morgan fingerprint density at radius 1 is 1.24 bits per heavy atom. The van der Waals surface area contributed by atoms with Crippen LogP contribution in [0, 0.1) is 18.6 Å². The number of aryl methyl sites for hydroxylation is 1. The first-order valence-corrected chi connectivity index (χ1v) is 5.70. The number of aromatic nitrogens is 1. The van der Waals surface area contributed by atoms with Crippen LogP contribution in [0.5, 0.6) is 0 Å². The van der Waals surface area contributed by atoms with Crippen LogP contribution < -0.4 is 5.32 Å². The molecule has 1 aromatic carbocycles. The third-order valence-electron chi connectivity index (χ3n) is 2.24. The maximum atomic E-state index is 13.4. The van der Waals surface area contributed by atoms with Crippen LogP contribution in [0.2, 0.25) is 0 Å². The molecule has 1 heterocycles. The lowest BCUT2D eigenvalue weighted by molar-refractivity contribution is 0.603. The summed E-state index contributed by atoms with van der Waals surface area (Å²) in [7, 11) is 0. The molecule has 17 heavy (non-hydrogen) atoms. The zero-order valence-corrected chi connectivity index (χ0v) is 10.6. The molecule has 0 amide bonds. The van der Waals surface area contributed by atoms with E-state index < -0.39 is 11.6 Å². The van der Waals surface area contributed by atoms with Crippen molar-refractivity contribution in [2.24, 2.45) is 0 Å². The van der Waals surface area contributed by atoms with E-state index in [9.17, 15) is 8.78 Å². The number of rotatable bonds is 2. The highest BCUT2D eigenvalue weighted by Crippen LogP contribution is 2.22. The van der Waals surface area contributed by atoms with Gasteiger partial charge < -0.3 is 5.32 Å². The standard InChI is InChI=1S/C12H9BrF2N2/c1-7-4-12(16-6-9(7)13)17-11-5-8(14)2-3-10(11)15/h2-6H,1H3,(H,16,17). The van der Waals surface area contributed by atoms with Gasteiger partial charge in [0.25, 0.3) is 0 Å². The maximum Gasteiger partial charge on any atom is 0.146 e. The van der Waals surface area contributed by atoms with Gasteiger partial charge in [0.05, 0.1) is 5.69 Å². The molecule has 0 fully saturated rings. The van der Waals surface area contributed by atoms with Crippen LogP contribution in [0.1, 0.15) is 5.56 Å². The second-order valence-corrected chi connectivity index (χ2v) is 4.42. The lowest BCUT2D eigenvalue weighted by Crippen LogP contribution is -1.97. The number of pyridine rings is 1. The van der Waals surface area contributed by atoms with Crippen molar-refractivity contribution < 1.29 is 8.78 Å². The molecule has 0 radical (unpaired) electrons. The molecule has 2 nitrogen and oxygen atoms in total. The minimum Gasteiger partial charge on any atom is -0.338 e. The summed E-state index contributed by atoms with van der Waals surface area (Å²) < 4.78 is 27.2. The van der Waals surface area contributed by atoms with E-state index in [1.54, 1.807) is 12.3 Å². The largest absolute Gasteiger partial charge is 0.338 e. The lowest BCUT2D eigenvalue weighted by Gasteiger charge is -2.08. The lowest BCUT2D eigenvalue weighted by atomic mass is 10.2. The molecule has 1 N–H and O–H groups in total. The fourth-order valence-corrected chi connectivity index (χ4v) is 1.56. The summed E-state index contributed by atoms with van der Waals surface area (Å²) in [6.07, 6.45) is 1.61. The summed E-state index contributed by atoms with van der Waals surface area (Å²) in [4.78, 5) is 4.06. The zero-order chi connectivity index (χ0) is 12.4. The Kier molecular flexibility index (Phi) is 3.38. The van der Waals surface area contributed by atoms with Crippen LogP contribution in [0.25, 0.3) is 0 Å². The third-order valence-corrected chi connectivity index (χ3v) is 3.07.